The molecule has 0 radical (unpaired) electrons. The van der Waals surface area contributed by atoms with E-state index >= 15 is 0 Å². The molecule has 0 saturated heterocycles. The van der Waals surface area contributed by atoms with Gasteiger partial charge in [-0.1, -0.05) is 19.1 Å². The summed E-state index contributed by atoms with van der Waals surface area (Å²) in [6.07, 6.45) is 2.00. The first-order chi connectivity index (χ1) is 7.51. The molecule has 1 rings (SSSR count). The van der Waals surface area contributed by atoms with E-state index in [-0.39, 0.29) is 11.8 Å². The van der Waals surface area contributed by atoms with Crippen LogP contribution in [-0.2, 0) is 9.84 Å². The summed E-state index contributed by atoms with van der Waals surface area (Å²) in [4.78, 5) is 0.370. The summed E-state index contributed by atoms with van der Waals surface area (Å²) in [6, 6.07) is 6.82. The number of thioether (sulfide) groups is 1. The lowest BCUT2D eigenvalue weighted by molar-refractivity contribution is 0.597. The molecule has 5 heteroatoms. The lowest BCUT2D eigenvalue weighted by Gasteiger charge is -2.10. The third-order valence-electron chi connectivity index (χ3n) is 2.39. The molecule has 1 aromatic carbocycles. The Labute approximate surface area is 101 Å². The number of hydrogen-bond acceptors (Lipinski definition) is 4. The average molecular weight is 259 g/mol. The van der Waals surface area contributed by atoms with Crippen molar-refractivity contribution in [3.8, 4) is 0 Å². The van der Waals surface area contributed by atoms with Gasteiger partial charge in [0.2, 0.25) is 0 Å². The van der Waals surface area contributed by atoms with Gasteiger partial charge in [0.15, 0.2) is 9.84 Å². The molecular formula is C11H17NO2S2. The van der Waals surface area contributed by atoms with Crippen molar-refractivity contribution >= 4 is 21.6 Å². The van der Waals surface area contributed by atoms with Crippen LogP contribution in [0.2, 0.25) is 0 Å². The van der Waals surface area contributed by atoms with E-state index in [1.165, 1.54) is 0 Å². The van der Waals surface area contributed by atoms with E-state index in [4.69, 9.17) is 5.73 Å². The number of hydrogen-bond donors (Lipinski definition) is 1. The topological polar surface area (TPSA) is 60.2 Å². The van der Waals surface area contributed by atoms with Crippen LogP contribution in [0.4, 0.5) is 0 Å². The fourth-order valence-corrected chi connectivity index (χ4v) is 2.80. The Kier molecular flexibility index (Phi) is 4.83. The highest BCUT2D eigenvalue weighted by molar-refractivity contribution is 7.98. The van der Waals surface area contributed by atoms with Gasteiger partial charge >= 0.3 is 0 Å². The van der Waals surface area contributed by atoms with Crippen molar-refractivity contribution in [1.29, 1.82) is 0 Å². The molecule has 0 amide bonds. The Morgan fingerprint density at radius 1 is 1.31 bits per heavy atom. The van der Waals surface area contributed by atoms with Gasteiger partial charge in [-0.3, -0.25) is 0 Å². The Hall–Kier alpha value is -0.520. The van der Waals surface area contributed by atoms with Gasteiger partial charge in [0.25, 0.3) is 0 Å². The quantitative estimate of drug-likeness (QED) is 0.876. The molecule has 16 heavy (non-hydrogen) atoms. The lowest BCUT2D eigenvalue weighted by atomic mass is 10.1. The predicted octanol–water partition coefficient (Wildman–Crippen LogP) is 1.84. The highest BCUT2D eigenvalue weighted by atomic mass is 32.2. The SMILES string of the molecule is CCS(=O)(=O)c1ccc(C(N)CSC)cc1. The molecule has 0 aliphatic carbocycles. The Bertz CT molecular complexity index is 426. The smallest absolute Gasteiger partial charge is 0.178 e. The molecule has 0 heterocycles. The molecule has 1 aromatic rings. The average Bonchev–Trinajstić information content (AvgIpc) is 2.29. The summed E-state index contributed by atoms with van der Waals surface area (Å²) < 4.78 is 23.1. The molecule has 0 fully saturated rings. The van der Waals surface area contributed by atoms with Crippen LogP contribution in [0.5, 0.6) is 0 Å². The van der Waals surface area contributed by atoms with Crippen LogP contribution in [0.15, 0.2) is 29.2 Å². The van der Waals surface area contributed by atoms with E-state index in [0.29, 0.717) is 4.90 Å². The maximum Gasteiger partial charge on any atom is 0.178 e. The second-order valence-electron chi connectivity index (χ2n) is 3.53. The Morgan fingerprint density at radius 2 is 1.88 bits per heavy atom. The first kappa shape index (κ1) is 13.5. The zero-order valence-electron chi connectivity index (χ0n) is 9.51. The lowest BCUT2D eigenvalue weighted by Crippen LogP contribution is -2.13. The standard InChI is InChI=1S/C11H17NO2S2/c1-3-16(13,14)10-6-4-9(5-7-10)11(12)8-15-2/h4-7,11H,3,8,12H2,1-2H3. The van der Waals surface area contributed by atoms with Crippen molar-refractivity contribution in [2.24, 2.45) is 5.73 Å². The normalized spacial score (nSPS) is 13.7. The first-order valence-electron chi connectivity index (χ1n) is 5.08. The number of rotatable bonds is 5. The molecule has 90 valence electrons. The van der Waals surface area contributed by atoms with Crippen LogP contribution in [0.25, 0.3) is 0 Å². The molecule has 2 N–H and O–H groups in total. The third kappa shape index (κ3) is 3.23. The zero-order valence-corrected chi connectivity index (χ0v) is 11.1. The maximum absolute atomic E-state index is 11.6. The zero-order chi connectivity index (χ0) is 12.2. The molecule has 0 spiro atoms. The molecule has 0 saturated carbocycles. The summed E-state index contributed by atoms with van der Waals surface area (Å²) in [5, 5.41) is 0. The summed E-state index contributed by atoms with van der Waals surface area (Å²) in [7, 11) is -3.10. The predicted molar refractivity (Wildman–Crippen MR) is 69.5 cm³/mol. The molecular weight excluding hydrogens is 242 g/mol. The van der Waals surface area contributed by atoms with Gasteiger partial charge in [-0.25, -0.2) is 8.42 Å². The van der Waals surface area contributed by atoms with Gasteiger partial charge in [-0.2, -0.15) is 11.8 Å². The van der Waals surface area contributed by atoms with E-state index < -0.39 is 9.84 Å². The van der Waals surface area contributed by atoms with Crippen LogP contribution >= 0.6 is 11.8 Å². The monoisotopic (exact) mass is 259 g/mol. The molecule has 0 aliphatic rings. The van der Waals surface area contributed by atoms with Crippen molar-refractivity contribution in [3.63, 3.8) is 0 Å². The van der Waals surface area contributed by atoms with Crippen molar-refractivity contribution in [1.82, 2.24) is 0 Å². The minimum absolute atomic E-state index is 0.0339. The highest BCUT2D eigenvalue weighted by Gasteiger charge is 2.12. The van der Waals surface area contributed by atoms with Crippen molar-refractivity contribution < 1.29 is 8.42 Å². The van der Waals surface area contributed by atoms with Gasteiger partial charge < -0.3 is 5.73 Å². The van der Waals surface area contributed by atoms with Gasteiger partial charge in [0.1, 0.15) is 0 Å². The Morgan fingerprint density at radius 3 is 2.31 bits per heavy atom. The number of sulfone groups is 1. The number of benzene rings is 1. The number of nitrogens with two attached hydrogens (primary N) is 1. The largest absolute Gasteiger partial charge is 0.323 e. The van der Waals surface area contributed by atoms with Crippen LogP contribution in [-0.4, -0.2) is 26.2 Å². The van der Waals surface area contributed by atoms with Crippen molar-refractivity contribution in [3.05, 3.63) is 29.8 Å². The molecule has 0 aromatic heterocycles. The fourth-order valence-electron chi connectivity index (χ4n) is 1.36. The maximum atomic E-state index is 11.6. The van der Waals surface area contributed by atoms with E-state index in [1.54, 1.807) is 43.0 Å². The summed E-state index contributed by atoms with van der Waals surface area (Å²) in [5.41, 5.74) is 6.90. The van der Waals surface area contributed by atoms with E-state index in [1.807, 2.05) is 6.26 Å². The van der Waals surface area contributed by atoms with Gasteiger partial charge in [0, 0.05) is 11.8 Å². The van der Waals surface area contributed by atoms with Crippen molar-refractivity contribution in [2.45, 2.75) is 17.9 Å². The van der Waals surface area contributed by atoms with E-state index in [9.17, 15) is 8.42 Å². The third-order valence-corrected chi connectivity index (χ3v) is 4.84. The molecule has 1 atom stereocenters. The Balaban J connectivity index is 2.91. The van der Waals surface area contributed by atoms with Gasteiger partial charge in [-0.15, -0.1) is 0 Å². The summed E-state index contributed by atoms with van der Waals surface area (Å²) >= 11 is 1.68. The van der Waals surface area contributed by atoms with Crippen LogP contribution in [0.1, 0.15) is 18.5 Å². The molecule has 0 aliphatic heterocycles. The van der Waals surface area contributed by atoms with Gasteiger partial charge in [-0.05, 0) is 24.0 Å². The summed E-state index contributed by atoms with van der Waals surface area (Å²) in [5.74, 6) is 0.961. The summed E-state index contributed by atoms with van der Waals surface area (Å²) in [6.45, 7) is 1.64. The minimum atomic E-state index is -3.10. The second kappa shape index (κ2) is 5.70. The molecule has 3 nitrogen and oxygen atoms in total. The van der Waals surface area contributed by atoms with Crippen LogP contribution in [0.3, 0.4) is 0 Å². The molecule has 1 unspecified atom stereocenters. The second-order valence-corrected chi connectivity index (χ2v) is 6.72. The first-order valence-corrected chi connectivity index (χ1v) is 8.13. The minimum Gasteiger partial charge on any atom is -0.323 e. The van der Waals surface area contributed by atoms with E-state index in [2.05, 4.69) is 0 Å². The van der Waals surface area contributed by atoms with Crippen molar-refractivity contribution in [2.75, 3.05) is 17.8 Å². The highest BCUT2D eigenvalue weighted by Crippen LogP contribution is 2.18. The van der Waals surface area contributed by atoms with Crippen LogP contribution < -0.4 is 5.73 Å². The fraction of sp³-hybridized carbons (Fsp3) is 0.455. The molecule has 0 bridgehead atoms. The van der Waals surface area contributed by atoms with Crippen LogP contribution in [0, 0.1) is 0 Å². The van der Waals surface area contributed by atoms with Gasteiger partial charge in [0.05, 0.1) is 10.6 Å². The van der Waals surface area contributed by atoms with E-state index in [0.717, 1.165) is 11.3 Å².